The molecule has 1 aliphatic heterocycles. The van der Waals surface area contributed by atoms with Gasteiger partial charge >= 0.3 is 0 Å². The molecule has 162 valence electrons. The van der Waals surface area contributed by atoms with Crippen LogP contribution in [-0.4, -0.2) is 38.8 Å². The van der Waals surface area contributed by atoms with Gasteiger partial charge in [0.25, 0.3) is 0 Å². The third-order valence-corrected chi connectivity index (χ3v) is 7.31. The first-order valence-corrected chi connectivity index (χ1v) is 11.4. The Bertz CT molecular complexity index is 1010. The lowest BCUT2D eigenvalue weighted by Crippen LogP contribution is -2.45. The van der Waals surface area contributed by atoms with Gasteiger partial charge in [-0.2, -0.15) is 4.31 Å². The molecule has 30 heavy (non-hydrogen) atoms. The number of methoxy groups -OCH3 is 1. The van der Waals surface area contributed by atoms with E-state index in [4.69, 9.17) is 4.74 Å². The van der Waals surface area contributed by atoms with Crippen LogP contribution in [-0.2, 0) is 14.8 Å². The van der Waals surface area contributed by atoms with Crippen LogP contribution in [0.5, 0.6) is 5.75 Å². The van der Waals surface area contributed by atoms with Crippen molar-refractivity contribution in [1.82, 2.24) is 9.62 Å². The fraction of sp³-hybridized carbons (Fsp3) is 0.409. The summed E-state index contributed by atoms with van der Waals surface area (Å²) >= 11 is 0. The largest absolute Gasteiger partial charge is 0.495 e. The highest BCUT2D eigenvalue weighted by atomic mass is 32.2. The molecule has 0 aromatic heterocycles. The Balaban J connectivity index is 1.73. The third kappa shape index (κ3) is 4.82. The van der Waals surface area contributed by atoms with Crippen LogP contribution >= 0.6 is 0 Å². The number of benzene rings is 2. The number of ether oxygens (including phenoxy) is 1. The Morgan fingerprint density at radius 2 is 1.93 bits per heavy atom. The average Bonchev–Trinajstić information content (AvgIpc) is 2.74. The minimum atomic E-state index is -3.79. The smallest absolute Gasteiger partial charge is 0.246 e. The highest BCUT2D eigenvalue weighted by molar-refractivity contribution is 7.89. The van der Waals surface area contributed by atoms with E-state index < -0.39 is 15.9 Å². The van der Waals surface area contributed by atoms with Crippen molar-refractivity contribution in [2.45, 2.75) is 37.6 Å². The third-order valence-electron chi connectivity index (χ3n) is 5.42. The highest BCUT2D eigenvalue weighted by Gasteiger charge is 2.35. The second kappa shape index (κ2) is 9.14. The molecule has 1 heterocycles. The molecule has 2 aromatic carbocycles. The Hall–Kier alpha value is -2.45. The monoisotopic (exact) mass is 434 g/mol. The molecule has 1 amide bonds. The number of amides is 1. The number of carbonyl (C=O) groups is 1. The van der Waals surface area contributed by atoms with E-state index in [9.17, 15) is 17.6 Å². The lowest BCUT2D eigenvalue weighted by molar-refractivity contribution is -0.126. The van der Waals surface area contributed by atoms with Crippen LogP contribution in [0.2, 0.25) is 0 Å². The van der Waals surface area contributed by atoms with Gasteiger partial charge in [-0.05, 0) is 62.1 Å². The van der Waals surface area contributed by atoms with Gasteiger partial charge in [0.05, 0.1) is 19.1 Å². The number of hydrogen-bond acceptors (Lipinski definition) is 4. The quantitative estimate of drug-likeness (QED) is 0.756. The summed E-state index contributed by atoms with van der Waals surface area (Å²) in [6, 6.07) is 10.7. The van der Waals surface area contributed by atoms with Crippen molar-refractivity contribution in [2.24, 2.45) is 5.92 Å². The van der Waals surface area contributed by atoms with E-state index in [0.717, 1.165) is 11.1 Å². The molecule has 8 heteroatoms. The van der Waals surface area contributed by atoms with E-state index in [2.05, 4.69) is 5.32 Å². The van der Waals surface area contributed by atoms with Gasteiger partial charge in [-0.25, -0.2) is 12.8 Å². The van der Waals surface area contributed by atoms with Crippen molar-refractivity contribution in [1.29, 1.82) is 0 Å². The fourth-order valence-corrected chi connectivity index (χ4v) is 5.43. The first kappa shape index (κ1) is 22.2. The summed E-state index contributed by atoms with van der Waals surface area (Å²) in [5, 5.41) is 2.92. The molecule has 1 N–H and O–H groups in total. The molecule has 2 atom stereocenters. The molecule has 3 rings (SSSR count). The number of aryl methyl sites for hydroxylation is 1. The highest BCUT2D eigenvalue weighted by Crippen LogP contribution is 2.31. The summed E-state index contributed by atoms with van der Waals surface area (Å²) in [4.78, 5) is 12.9. The minimum absolute atomic E-state index is 0.113. The average molecular weight is 435 g/mol. The van der Waals surface area contributed by atoms with Gasteiger partial charge in [0.1, 0.15) is 16.5 Å². The van der Waals surface area contributed by atoms with Gasteiger partial charge in [0.15, 0.2) is 0 Å². The van der Waals surface area contributed by atoms with E-state index >= 15 is 0 Å². The van der Waals surface area contributed by atoms with Crippen LogP contribution in [0.3, 0.4) is 0 Å². The van der Waals surface area contributed by atoms with Crippen LogP contribution < -0.4 is 10.1 Å². The van der Waals surface area contributed by atoms with Crippen LogP contribution in [0.15, 0.2) is 47.4 Å². The molecule has 1 aliphatic rings. The molecule has 1 saturated heterocycles. The summed E-state index contributed by atoms with van der Waals surface area (Å²) in [6.07, 6.45) is 1.20. The van der Waals surface area contributed by atoms with E-state index in [1.54, 1.807) is 30.3 Å². The Labute approximate surface area is 177 Å². The van der Waals surface area contributed by atoms with Gasteiger partial charge in [0, 0.05) is 13.1 Å². The SMILES string of the molecule is COc1ccc(C)cc1S(=O)(=O)N1CCC[C@H](C(=O)N[C@@H](C)c2ccc(F)cc2)C1. The number of piperidine rings is 1. The number of rotatable bonds is 6. The topological polar surface area (TPSA) is 75.7 Å². The van der Waals surface area contributed by atoms with Crippen molar-refractivity contribution in [3.05, 3.63) is 59.4 Å². The molecule has 0 unspecified atom stereocenters. The van der Waals surface area contributed by atoms with Crippen molar-refractivity contribution in [3.63, 3.8) is 0 Å². The summed E-state index contributed by atoms with van der Waals surface area (Å²) in [6.45, 7) is 4.11. The zero-order valence-electron chi connectivity index (χ0n) is 17.4. The van der Waals surface area contributed by atoms with Crippen LogP contribution in [0.1, 0.15) is 36.9 Å². The van der Waals surface area contributed by atoms with Crippen molar-refractivity contribution in [3.8, 4) is 5.75 Å². The summed E-state index contributed by atoms with van der Waals surface area (Å²) in [5.41, 5.74) is 1.60. The van der Waals surface area contributed by atoms with E-state index in [1.807, 2.05) is 13.8 Å². The molecular formula is C22H27FN2O4S. The summed E-state index contributed by atoms with van der Waals surface area (Å²) in [5.74, 6) is -0.704. The molecule has 2 aromatic rings. The van der Waals surface area contributed by atoms with Crippen molar-refractivity contribution >= 4 is 15.9 Å². The van der Waals surface area contributed by atoms with Crippen LogP contribution in [0.25, 0.3) is 0 Å². The number of hydrogen-bond donors (Lipinski definition) is 1. The van der Waals surface area contributed by atoms with Gasteiger partial charge in [0.2, 0.25) is 15.9 Å². The normalized spacial score (nSPS) is 18.6. The zero-order valence-corrected chi connectivity index (χ0v) is 18.2. The van der Waals surface area contributed by atoms with Gasteiger partial charge in [-0.3, -0.25) is 4.79 Å². The standard InChI is InChI=1S/C22H27FN2O4S/c1-15-6-11-20(29-3)21(13-15)30(27,28)25-12-4-5-18(14-25)22(26)24-16(2)17-7-9-19(23)10-8-17/h6-11,13,16,18H,4-5,12,14H2,1-3H3,(H,24,26)/t16-,18-/m0/s1. The molecule has 0 saturated carbocycles. The van der Waals surface area contributed by atoms with Crippen LogP contribution in [0, 0.1) is 18.7 Å². The number of carbonyl (C=O) groups excluding carboxylic acids is 1. The molecule has 6 nitrogen and oxygen atoms in total. The second-order valence-electron chi connectivity index (χ2n) is 7.64. The maximum Gasteiger partial charge on any atom is 0.246 e. The van der Waals surface area contributed by atoms with Crippen molar-refractivity contribution < 1.29 is 22.3 Å². The molecule has 0 bridgehead atoms. The zero-order chi connectivity index (χ0) is 21.9. The van der Waals surface area contributed by atoms with Crippen molar-refractivity contribution in [2.75, 3.05) is 20.2 Å². The predicted octanol–water partition coefficient (Wildman–Crippen LogP) is 3.42. The minimum Gasteiger partial charge on any atom is -0.495 e. The molecular weight excluding hydrogens is 407 g/mol. The fourth-order valence-electron chi connectivity index (χ4n) is 3.67. The Morgan fingerprint density at radius 3 is 2.60 bits per heavy atom. The van der Waals surface area contributed by atoms with E-state index in [0.29, 0.717) is 19.4 Å². The molecule has 0 spiro atoms. The number of halogens is 1. The second-order valence-corrected chi connectivity index (χ2v) is 9.54. The number of sulfonamides is 1. The lowest BCUT2D eigenvalue weighted by atomic mass is 9.98. The van der Waals surface area contributed by atoms with E-state index in [1.165, 1.54) is 23.5 Å². The number of nitrogens with one attached hydrogen (secondary N) is 1. The first-order chi connectivity index (χ1) is 14.2. The lowest BCUT2D eigenvalue weighted by Gasteiger charge is -2.32. The Morgan fingerprint density at radius 1 is 1.23 bits per heavy atom. The maximum atomic E-state index is 13.2. The molecule has 0 aliphatic carbocycles. The van der Waals surface area contributed by atoms with Gasteiger partial charge in [-0.1, -0.05) is 18.2 Å². The Kier molecular flexibility index (Phi) is 6.77. The summed E-state index contributed by atoms with van der Waals surface area (Å²) in [7, 11) is -2.35. The number of nitrogens with zero attached hydrogens (tertiary/aromatic N) is 1. The predicted molar refractivity (Wildman–Crippen MR) is 112 cm³/mol. The van der Waals surface area contributed by atoms with Gasteiger partial charge < -0.3 is 10.1 Å². The van der Waals surface area contributed by atoms with E-state index in [-0.39, 0.29) is 35.0 Å². The maximum absolute atomic E-state index is 13.2. The summed E-state index contributed by atoms with van der Waals surface area (Å²) < 4.78 is 46.2. The molecule has 1 fully saturated rings. The van der Waals surface area contributed by atoms with Crippen LogP contribution in [0.4, 0.5) is 4.39 Å². The first-order valence-electron chi connectivity index (χ1n) is 9.93. The van der Waals surface area contributed by atoms with Gasteiger partial charge in [-0.15, -0.1) is 0 Å². The molecule has 0 radical (unpaired) electrons.